The first-order valence-electron chi connectivity index (χ1n) is 10.00. The number of carbonyl (C=O) groups excluding carboxylic acids is 2. The van der Waals surface area contributed by atoms with E-state index in [4.69, 9.17) is 0 Å². The summed E-state index contributed by atoms with van der Waals surface area (Å²) in [6, 6.07) is 14.0. The van der Waals surface area contributed by atoms with Crippen LogP contribution in [-0.4, -0.2) is 53.8 Å². The number of fused-ring (bicyclic) bond motifs is 2. The average molecular weight is 377 g/mol. The number of likely N-dealkylation sites (tertiary alicyclic amines) is 1. The molecule has 1 spiro atoms. The topological polar surface area (TPSA) is 53.5 Å². The van der Waals surface area contributed by atoms with Gasteiger partial charge < -0.3 is 9.80 Å². The van der Waals surface area contributed by atoms with E-state index in [1.807, 2.05) is 31.1 Å². The van der Waals surface area contributed by atoms with Crippen molar-refractivity contribution < 1.29 is 9.59 Å². The number of carbonyl (C=O) groups is 2. The van der Waals surface area contributed by atoms with Crippen LogP contribution in [0.1, 0.15) is 53.2 Å². The van der Waals surface area contributed by atoms with Gasteiger partial charge in [0, 0.05) is 39.8 Å². The Hall–Kier alpha value is -2.69. The van der Waals surface area contributed by atoms with E-state index in [-0.39, 0.29) is 23.1 Å². The Bertz CT molecular complexity index is 870. The van der Waals surface area contributed by atoms with Gasteiger partial charge in [-0.15, -0.1) is 0 Å². The highest BCUT2D eigenvalue weighted by Crippen LogP contribution is 2.52. The van der Waals surface area contributed by atoms with Gasteiger partial charge in [0.25, 0.3) is 5.91 Å². The monoisotopic (exact) mass is 377 g/mol. The molecule has 146 valence electrons. The summed E-state index contributed by atoms with van der Waals surface area (Å²) in [4.78, 5) is 32.9. The second-order valence-corrected chi connectivity index (χ2v) is 8.27. The molecule has 2 aromatic rings. The maximum atomic E-state index is 12.7. The van der Waals surface area contributed by atoms with Crippen LogP contribution in [-0.2, 0) is 10.2 Å². The number of hydrogen-bond donors (Lipinski definition) is 0. The lowest BCUT2D eigenvalue weighted by Crippen LogP contribution is -2.44. The summed E-state index contributed by atoms with van der Waals surface area (Å²) in [5.41, 5.74) is 3.30. The van der Waals surface area contributed by atoms with Crippen LogP contribution in [0, 0.1) is 0 Å². The molecule has 4 rings (SSSR count). The summed E-state index contributed by atoms with van der Waals surface area (Å²) in [6.45, 7) is 1.47. The Labute approximate surface area is 166 Å². The predicted octanol–water partition coefficient (Wildman–Crippen LogP) is 3.22. The molecule has 2 amide bonds. The third-order valence-electron chi connectivity index (χ3n) is 6.42. The molecule has 5 nitrogen and oxygen atoms in total. The van der Waals surface area contributed by atoms with Gasteiger partial charge in [0.2, 0.25) is 5.91 Å². The molecule has 1 saturated heterocycles. The normalized spacial score (nSPS) is 20.1. The summed E-state index contributed by atoms with van der Waals surface area (Å²) in [6.07, 6.45) is 5.10. The molecule has 2 heterocycles. The first kappa shape index (κ1) is 18.7. The van der Waals surface area contributed by atoms with Gasteiger partial charge in [0.05, 0.1) is 0 Å². The Morgan fingerprint density at radius 3 is 2.50 bits per heavy atom. The molecule has 0 saturated carbocycles. The van der Waals surface area contributed by atoms with E-state index in [1.165, 1.54) is 11.1 Å². The van der Waals surface area contributed by atoms with Crippen molar-refractivity contribution in [3.05, 3.63) is 65.5 Å². The number of benzene rings is 1. The highest BCUT2D eigenvalue weighted by molar-refractivity contribution is 5.92. The zero-order valence-corrected chi connectivity index (χ0v) is 16.6. The summed E-state index contributed by atoms with van der Waals surface area (Å²) in [5.74, 6) is 0.463. The van der Waals surface area contributed by atoms with Gasteiger partial charge >= 0.3 is 0 Å². The van der Waals surface area contributed by atoms with Crippen LogP contribution >= 0.6 is 0 Å². The fourth-order valence-electron chi connectivity index (χ4n) is 4.87. The molecule has 1 unspecified atom stereocenters. The largest absolute Gasteiger partial charge is 0.349 e. The first-order valence-corrected chi connectivity index (χ1v) is 10.00. The van der Waals surface area contributed by atoms with Crippen molar-refractivity contribution in [2.24, 2.45) is 0 Å². The minimum atomic E-state index is 0.0149. The minimum Gasteiger partial charge on any atom is -0.349 e. The molecule has 1 aliphatic heterocycles. The fraction of sp³-hybridized carbons (Fsp3) is 0.435. The Morgan fingerprint density at radius 2 is 1.82 bits per heavy atom. The Balaban J connectivity index is 1.52. The Kier molecular flexibility index (Phi) is 4.92. The van der Waals surface area contributed by atoms with E-state index in [0.29, 0.717) is 12.1 Å². The van der Waals surface area contributed by atoms with E-state index in [9.17, 15) is 9.59 Å². The lowest BCUT2D eigenvalue weighted by atomic mass is 9.73. The molecule has 28 heavy (non-hydrogen) atoms. The molecule has 2 aliphatic rings. The van der Waals surface area contributed by atoms with Crippen LogP contribution < -0.4 is 0 Å². The zero-order valence-electron chi connectivity index (χ0n) is 16.6. The standard InChI is InChI=1S/C23H27N3O2/c1-25(2)21(27)15-17-16-23(19-8-4-3-7-18(17)19)10-13-26(14-11-23)22(28)20-9-5-6-12-24-20/h3-9,12,17H,10-11,13-16H2,1-2H3. The highest BCUT2D eigenvalue weighted by atomic mass is 16.2. The predicted molar refractivity (Wildman–Crippen MR) is 108 cm³/mol. The summed E-state index contributed by atoms with van der Waals surface area (Å²) >= 11 is 0. The number of amides is 2. The van der Waals surface area contributed by atoms with Crippen molar-refractivity contribution in [3.8, 4) is 0 Å². The van der Waals surface area contributed by atoms with E-state index < -0.39 is 0 Å². The number of piperidine rings is 1. The average Bonchev–Trinajstić information content (AvgIpc) is 3.02. The number of aromatic nitrogens is 1. The van der Waals surface area contributed by atoms with Crippen LogP contribution in [0.25, 0.3) is 0 Å². The van der Waals surface area contributed by atoms with Gasteiger partial charge in [-0.3, -0.25) is 14.6 Å². The van der Waals surface area contributed by atoms with Crippen LogP contribution in [0.15, 0.2) is 48.7 Å². The number of hydrogen-bond acceptors (Lipinski definition) is 3. The minimum absolute atomic E-state index is 0.0149. The number of rotatable bonds is 3. The second-order valence-electron chi connectivity index (χ2n) is 8.27. The van der Waals surface area contributed by atoms with Gasteiger partial charge in [0.1, 0.15) is 5.69 Å². The quantitative estimate of drug-likeness (QED) is 0.825. The molecule has 0 radical (unpaired) electrons. The third kappa shape index (κ3) is 3.30. The molecule has 1 aromatic carbocycles. The molecule has 1 fully saturated rings. The van der Waals surface area contributed by atoms with Gasteiger partial charge in [-0.05, 0) is 53.9 Å². The van der Waals surface area contributed by atoms with Crippen LogP contribution in [0.5, 0.6) is 0 Å². The van der Waals surface area contributed by atoms with Crippen LogP contribution in [0.2, 0.25) is 0 Å². The summed E-state index contributed by atoms with van der Waals surface area (Å²) in [5, 5.41) is 0. The molecule has 0 bridgehead atoms. The van der Waals surface area contributed by atoms with Crippen molar-refractivity contribution in [1.29, 1.82) is 0 Å². The first-order chi connectivity index (χ1) is 13.5. The van der Waals surface area contributed by atoms with Crippen LogP contribution in [0.4, 0.5) is 0 Å². The Morgan fingerprint density at radius 1 is 1.11 bits per heavy atom. The molecule has 5 heteroatoms. The molecule has 1 atom stereocenters. The SMILES string of the molecule is CN(C)C(=O)CC1CC2(CCN(C(=O)c3ccccn3)CC2)c2ccccc21. The third-order valence-corrected chi connectivity index (χ3v) is 6.42. The summed E-state index contributed by atoms with van der Waals surface area (Å²) < 4.78 is 0. The van der Waals surface area contributed by atoms with Crippen LogP contribution in [0.3, 0.4) is 0 Å². The molecule has 0 N–H and O–H groups in total. The van der Waals surface area contributed by atoms with E-state index in [2.05, 4.69) is 29.2 Å². The lowest BCUT2D eigenvalue weighted by Gasteiger charge is -2.40. The molecular formula is C23H27N3O2. The van der Waals surface area contributed by atoms with Crippen molar-refractivity contribution in [3.63, 3.8) is 0 Å². The van der Waals surface area contributed by atoms with Gasteiger partial charge in [-0.25, -0.2) is 0 Å². The fourth-order valence-corrected chi connectivity index (χ4v) is 4.87. The second kappa shape index (κ2) is 7.38. The smallest absolute Gasteiger partial charge is 0.272 e. The van der Waals surface area contributed by atoms with E-state index >= 15 is 0 Å². The van der Waals surface area contributed by atoms with Gasteiger partial charge in [-0.2, -0.15) is 0 Å². The van der Waals surface area contributed by atoms with Crippen molar-refractivity contribution >= 4 is 11.8 Å². The maximum Gasteiger partial charge on any atom is 0.272 e. The molecule has 1 aliphatic carbocycles. The van der Waals surface area contributed by atoms with E-state index in [1.54, 1.807) is 17.2 Å². The van der Waals surface area contributed by atoms with Crippen molar-refractivity contribution in [2.75, 3.05) is 27.2 Å². The molecular weight excluding hydrogens is 350 g/mol. The number of pyridine rings is 1. The highest BCUT2D eigenvalue weighted by Gasteiger charge is 2.46. The lowest BCUT2D eigenvalue weighted by molar-refractivity contribution is -0.129. The maximum absolute atomic E-state index is 12.7. The van der Waals surface area contributed by atoms with E-state index in [0.717, 1.165) is 32.4 Å². The number of nitrogens with zero attached hydrogens (tertiary/aromatic N) is 3. The van der Waals surface area contributed by atoms with Crippen molar-refractivity contribution in [1.82, 2.24) is 14.8 Å². The zero-order chi connectivity index (χ0) is 19.7. The summed E-state index contributed by atoms with van der Waals surface area (Å²) in [7, 11) is 3.64. The van der Waals surface area contributed by atoms with Gasteiger partial charge in [-0.1, -0.05) is 30.3 Å². The van der Waals surface area contributed by atoms with Gasteiger partial charge in [0.15, 0.2) is 0 Å². The van der Waals surface area contributed by atoms with Crippen molar-refractivity contribution in [2.45, 2.75) is 37.0 Å². The molecule has 1 aromatic heterocycles.